The van der Waals surface area contributed by atoms with Gasteiger partial charge in [0.05, 0.1) is 5.56 Å². The zero-order valence-corrected chi connectivity index (χ0v) is 16.6. The second kappa shape index (κ2) is 8.84. The highest BCUT2D eigenvalue weighted by atomic mass is 32.2. The molecule has 0 fully saturated rings. The van der Waals surface area contributed by atoms with Crippen LogP contribution in [0.5, 0.6) is 5.75 Å². The average Bonchev–Trinajstić information content (AvgIpc) is 2.77. The van der Waals surface area contributed by atoms with Crippen LogP contribution in [0, 0.1) is 0 Å². The Bertz CT molecular complexity index is 1150. The molecule has 0 spiro atoms. The van der Waals surface area contributed by atoms with Gasteiger partial charge in [-0.2, -0.15) is 0 Å². The first-order valence-electron chi connectivity index (χ1n) is 9.41. The van der Waals surface area contributed by atoms with Gasteiger partial charge in [-0.15, -0.1) is 11.8 Å². The van der Waals surface area contributed by atoms with Crippen molar-refractivity contribution in [3.8, 4) is 28.2 Å². The van der Waals surface area contributed by atoms with E-state index in [2.05, 4.69) is 24.3 Å². The molecular weight excluding hydrogens is 380 g/mol. The molecule has 0 aliphatic rings. The summed E-state index contributed by atoms with van der Waals surface area (Å²) in [6.45, 7) is 0. The molecule has 0 saturated carbocycles. The van der Waals surface area contributed by atoms with E-state index < -0.39 is 5.63 Å². The Balaban J connectivity index is 1.51. The van der Waals surface area contributed by atoms with E-state index in [9.17, 15) is 9.90 Å². The van der Waals surface area contributed by atoms with Crippen molar-refractivity contribution >= 4 is 11.8 Å². The molecule has 1 N–H and O–H groups in total. The van der Waals surface area contributed by atoms with Crippen molar-refractivity contribution in [3.05, 3.63) is 107 Å². The van der Waals surface area contributed by atoms with Gasteiger partial charge < -0.3 is 9.52 Å². The zero-order valence-electron chi connectivity index (χ0n) is 15.7. The molecule has 0 amide bonds. The van der Waals surface area contributed by atoms with Crippen LogP contribution in [-0.4, -0.2) is 10.9 Å². The van der Waals surface area contributed by atoms with Gasteiger partial charge in [-0.05, 0) is 23.6 Å². The molecule has 0 saturated heterocycles. The van der Waals surface area contributed by atoms with Crippen molar-refractivity contribution in [1.29, 1.82) is 0 Å². The Morgan fingerprint density at radius 3 is 2.10 bits per heavy atom. The van der Waals surface area contributed by atoms with Gasteiger partial charge >= 0.3 is 5.63 Å². The summed E-state index contributed by atoms with van der Waals surface area (Å²) in [7, 11) is 0. The molecule has 0 bridgehead atoms. The molecule has 0 unspecified atom stereocenters. The van der Waals surface area contributed by atoms with E-state index in [0.717, 1.165) is 21.6 Å². The molecule has 3 aromatic carbocycles. The quantitative estimate of drug-likeness (QED) is 0.403. The Kier molecular flexibility index (Phi) is 5.82. The molecule has 0 atom stereocenters. The number of thioether (sulfide) groups is 1. The number of hydrogen-bond donors (Lipinski definition) is 1. The highest BCUT2D eigenvalue weighted by molar-refractivity contribution is 7.99. The SMILES string of the molecule is O=c1oc(-c2ccccc2)cc(O)c1CCSc1ccccc1-c1ccccc1. The van der Waals surface area contributed by atoms with Gasteiger partial charge in [-0.25, -0.2) is 4.79 Å². The normalized spacial score (nSPS) is 10.8. The lowest BCUT2D eigenvalue weighted by atomic mass is 10.1. The minimum Gasteiger partial charge on any atom is -0.507 e. The summed E-state index contributed by atoms with van der Waals surface area (Å²) in [6, 6.07) is 29.2. The first-order valence-corrected chi connectivity index (χ1v) is 10.4. The smallest absolute Gasteiger partial charge is 0.343 e. The van der Waals surface area contributed by atoms with Gasteiger partial charge in [0.25, 0.3) is 0 Å². The second-order valence-electron chi connectivity index (χ2n) is 6.59. The number of aromatic hydroxyl groups is 1. The zero-order chi connectivity index (χ0) is 20.1. The third-order valence-electron chi connectivity index (χ3n) is 4.67. The van der Waals surface area contributed by atoms with E-state index in [1.807, 2.05) is 60.7 Å². The summed E-state index contributed by atoms with van der Waals surface area (Å²) in [4.78, 5) is 13.6. The topological polar surface area (TPSA) is 50.4 Å². The molecule has 144 valence electrons. The average molecular weight is 400 g/mol. The minimum absolute atomic E-state index is 0.0166. The van der Waals surface area contributed by atoms with Gasteiger partial charge in [0.1, 0.15) is 11.5 Å². The van der Waals surface area contributed by atoms with E-state index in [-0.39, 0.29) is 5.75 Å². The fraction of sp³-hybridized carbons (Fsp3) is 0.0800. The maximum Gasteiger partial charge on any atom is 0.343 e. The summed E-state index contributed by atoms with van der Waals surface area (Å²) in [5.41, 5.74) is 2.91. The Labute approximate surface area is 173 Å². The molecule has 0 aliphatic heterocycles. The molecule has 4 rings (SSSR count). The van der Waals surface area contributed by atoms with E-state index in [4.69, 9.17) is 4.42 Å². The Morgan fingerprint density at radius 2 is 1.41 bits per heavy atom. The van der Waals surface area contributed by atoms with Crippen LogP contribution in [0.4, 0.5) is 0 Å². The van der Waals surface area contributed by atoms with Crippen molar-refractivity contribution < 1.29 is 9.52 Å². The lowest BCUT2D eigenvalue weighted by Gasteiger charge is -2.10. The predicted octanol–water partition coefficient (Wildman–Crippen LogP) is 6.01. The highest BCUT2D eigenvalue weighted by Crippen LogP contribution is 2.32. The van der Waals surface area contributed by atoms with Crippen LogP contribution in [0.25, 0.3) is 22.5 Å². The molecule has 0 radical (unpaired) electrons. The predicted molar refractivity (Wildman–Crippen MR) is 118 cm³/mol. The van der Waals surface area contributed by atoms with Crippen LogP contribution < -0.4 is 5.63 Å². The van der Waals surface area contributed by atoms with E-state index in [0.29, 0.717) is 23.5 Å². The van der Waals surface area contributed by atoms with E-state index in [1.165, 1.54) is 6.07 Å². The van der Waals surface area contributed by atoms with Gasteiger partial charge in [0.2, 0.25) is 0 Å². The van der Waals surface area contributed by atoms with Crippen LogP contribution in [-0.2, 0) is 6.42 Å². The van der Waals surface area contributed by atoms with Gasteiger partial charge in [-0.3, -0.25) is 0 Å². The summed E-state index contributed by atoms with van der Waals surface area (Å²) in [5.74, 6) is 1.02. The number of benzene rings is 3. The lowest BCUT2D eigenvalue weighted by molar-refractivity contribution is 0.442. The third kappa shape index (κ3) is 4.44. The first kappa shape index (κ1) is 19.1. The van der Waals surface area contributed by atoms with E-state index >= 15 is 0 Å². The molecule has 1 aromatic heterocycles. The summed E-state index contributed by atoms with van der Waals surface area (Å²) in [5, 5.41) is 10.4. The maximum absolute atomic E-state index is 12.4. The van der Waals surface area contributed by atoms with Crippen molar-refractivity contribution in [2.24, 2.45) is 0 Å². The molecule has 3 nitrogen and oxygen atoms in total. The molecule has 29 heavy (non-hydrogen) atoms. The van der Waals surface area contributed by atoms with Crippen LogP contribution in [0.15, 0.2) is 105 Å². The maximum atomic E-state index is 12.4. The third-order valence-corrected chi connectivity index (χ3v) is 5.74. The standard InChI is InChI=1S/C25H20O3S/c26-22-17-23(19-11-5-2-6-12-19)28-25(27)21(22)15-16-29-24-14-8-7-13-20(24)18-9-3-1-4-10-18/h1-14,17,26H,15-16H2. The molecule has 1 heterocycles. The number of rotatable bonds is 6. The minimum atomic E-state index is -0.485. The fourth-order valence-corrected chi connectivity index (χ4v) is 4.24. The summed E-state index contributed by atoms with van der Waals surface area (Å²) < 4.78 is 5.45. The van der Waals surface area contributed by atoms with Gasteiger partial charge in [0, 0.05) is 22.3 Å². The van der Waals surface area contributed by atoms with Gasteiger partial charge in [0.15, 0.2) is 0 Å². The number of hydrogen-bond acceptors (Lipinski definition) is 4. The molecular formula is C25H20O3S. The monoisotopic (exact) mass is 400 g/mol. The van der Waals surface area contributed by atoms with Crippen LogP contribution in [0.2, 0.25) is 0 Å². The molecule has 0 aliphatic carbocycles. The van der Waals surface area contributed by atoms with Crippen LogP contribution in [0.3, 0.4) is 0 Å². The Hall–Kier alpha value is -3.24. The van der Waals surface area contributed by atoms with Crippen LogP contribution in [0.1, 0.15) is 5.56 Å². The van der Waals surface area contributed by atoms with Crippen molar-refractivity contribution in [1.82, 2.24) is 0 Å². The van der Waals surface area contributed by atoms with Gasteiger partial charge in [-0.1, -0.05) is 78.9 Å². The van der Waals surface area contributed by atoms with Crippen molar-refractivity contribution in [2.75, 3.05) is 5.75 Å². The molecule has 4 heteroatoms. The van der Waals surface area contributed by atoms with Crippen molar-refractivity contribution in [3.63, 3.8) is 0 Å². The lowest BCUT2D eigenvalue weighted by Crippen LogP contribution is -2.09. The summed E-state index contributed by atoms with van der Waals surface area (Å²) >= 11 is 1.66. The van der Waals surface area contributed by atoms with Crippen LogP contribution >= 0.6 is 11.8 Å². The first-order chi connectivity index (χ1) is 14.2. The highest BCUT2D eigenvalue weighted by Gasteiger charge is 2.13. The summed E-state index contributed by atoms with van der Waals surface area (Å²) in [6.07, 6.45) is 0.428. The second-order valence-corrected chi connectivity index (χ2v) is 7.73. The van der Waals surface area contributed by atoms with E-state index in [1.54, 1.807) is 11.8 Å². The molecule has 4 aromatic rings. The largest absolute Gasteiger partial charge is 0.507 e. The Morgan fingerprint density at radius 1 is 0.793 bits per heavy atom. The fourth-order valence-electron chi connectivity index (χ4n) is 3.19. The van der Waals surface area contributed by atoms with Crippen molar-refractivity contribution in [2.45, 2.75) is 11.3 Å².